The maximum atomic E-state index is 10.6. The lowest BCUT2D eigenvalue weighted by Crippen LogP contribution is -2.40. The van der Waals surface area contributed by atoms with Crippen LogP contribution < -0.4 is 15.8 Å². The zero-order valence-electron chi connectivity index (χ0n) is 11.1. The van der Waals surface area contributed by atoms with Crippen LogP contribution in [0.3, 0.4) is 0 Å². The van der Waals surface area contributed by atoms with Gasteiger partial charge in [-0.05, 0) is 37.1 Å². The summed E-state index contributed by atoms with van der Waals surface area (Å²) in [5, 5.41) is 3.43. The third-order valence-electron chi connectivity index (χ3n) is 3.27. The van der Waals surface area contributed by atoms with Gasteiger partial charge in [-0.15, -0.1) is 0 Å². The highest BCUT2D eigenvalue weighted by Gasteiger charge is 2.28. The molecule has 0 radical (unpaired) electrons. The minimum Gasteiger partial charge on any atom is -0.493 e. The average Bonchev–Trinajstić information content (AvgIpc) is 2.34. The van der Waals surface area contributed by atoms with Crippen molar-refractivity contribution in [1.82, 2.24) is 0 Å². The first-order valence-electron chi connectivity index (χ1n) is 6.48. The number of benzene rings is 1. The van der Waals surface area contributed by atoms with Crippen LogP contribution >= 0.6 is 0 Å². The number of nitrogens with one attached hydrogen (secondary N) is 1. The molecule has 0 unspecified atom stereocenters. The number of ether oxygens (including phenoxy) is 2. The summed E-state index contributed by atoms with van der Waals surface area (Å²) in [4.78, 5) is 10.6. The number of hydrogen-bond donors (Lipinski definition) is 2. The molecule has 2 rings (SSSR count). The lowest BCUT2D eigenvalue weighted by molar-refractivity contribution is -0.118. The zero-order chi connectivity index (χ0) is 13.7. The van der Waals surface area contributed by atoms with Crippen molar-refractivity contribution in [3.63, 3.8) is 0 Å². The van der Waals surface area contributed by atoms with Crippen molar-refractivity contribution in [3.8, 4) is 5.75 Å². The number of nitrogens with two attached hydrogens (primary N) is 1. The topological polar surface area (TPSA) is 73.6 Å². The van der Waals surface area contributed by atoms with Gasteiger partial charge in [0.05, 0.1) is 19.1 Å². The molecule has 5 heteroatoms. The van der Waals surface area contributed by atoms with E-state index in [1.165, 1.54) is 0 Å². The fourth-order valence-electron chi connectivity index (χ4n) is 2.03. The van der Waals surface area contributed by atoms with Crippen molar-refractivity contribution in [2.75, 3.05) is 19.0 Å². The highest BCUT2D eigenvalue weighted by Crippen LogP contribution is 2.27. The Bertz CT molecular complexity index is 413. The highest BCUT2D eigenvalue weighted by atomic mass is 16.5. The Balaban J connectivity index is 1.74. The summed E-state index contributed by atoms with van der Waals surface area (Å²) in [7, 11) is 1.75. The van der Waals surface area contributed by atoms with E-state index in [1.807, 2.05) is 24.3 Å². The molecule has 1 fully saturated rings. The molecule has 1 aromatic rings. The largest absolute Gasteiger partial charge is 0.493 e. The third kappa shape index (κ3) is 4.13. The SMILES string of the molecule is COC1CC(Nc2ccc(OCCC(N)=O)cc2)C1. The maximum absolute atomic E-state index is 10.6. The molecule has 0 spiro atoms. The number of hydrogen-bond acceptors (Lipinski definition) is 4. The molecule has 1 saturated carbocycles. The lowest BCUT2D eigenvalue weighted by Gasteiger charge is -2.35. The van der Waals surface area contributed by atoms with Crippen LogP contribution in [-0.4, -0.2) is 31.8 Å². The standard InChI is InChI=1S/C14H20N2O3/c1-18-13-8-11(9-13)16-10-2-4-12(5-3-10)19-7-6-14(15)17/h2-5,11,13,16H,6-9H2,1H3,(H2,15,17). The molecule has 0 aliphatic heterocycles. The summed E-state index contributed by atoms with van der Waals surface area (Å²) < 4.78 is 10.6. The molecule has 1 aliphatic rings. The fourth-order valence-corrected chi connectivity index (χ4v) is 2.03. The van der Waals surface area contributed by atoms with Crippen molar-refractivity contribution in [1.29, 1.82) is 0 Å². The summed E-state index contributed by atoms with van der Waals surface area (Å²) in [6.45, 7) is 0.320. The quantitative estimate of drug-likeness (QED) is 0.783. The van der Waals surface area contributed by atoms with Crippen LogP contribution in [0.15, 0.2) is 24.3 Å². The Hall–Kier alpha value is -1.75. The van der Waals surface area contributed by atoms with E-state index < -0.39 is 0 Å². The van der Waals surface area contributed by atoms with Crippen LogP contribution in [0.5, 0.6) is 5.75 Å². The molecule has 104 valence electrons. The van der Waals surface area contributed by atoms with Gasteiger partial charge in [0, 0.05) is 18.8 Å². The minimum absolute atomic E-state index is 0.237. The van der Waals surface area contributed by atoms with Gasteiger partial charge in [0.15, 0.2) is 0 Å². The van der Waals surface area contributed by atoms with Gasteiger partial charge < -0.3 is 20.5 Å². The highest BCUT2D eigenvalue weighted by molar-refractivity contribution is 5.73. The second kappa shape index (κ2) is 6.43. The van der Waals surface area contributed by atoms with Crippen LogP contribution in [0.2, 0.25) is 0 Å². The Labute approximate surface area is 113 Å². The van der Waals surface area contributed by atoms with Gasteiger partial charge in [0.1, 0.15) is 5.75 Å². The molecule has 5 nitrogen and oxygen atoms in total. The lowest BCUT2D eigenvalue weighted by atomic mass is 9.89. The predicted molar refractivity (Wildman–Crippen MR) is 73.2 cm³/mol. The van der Waals surface area contributed by atoms with Gasteiger partial charge in [0.25, 0.3) is 0 Å². The number of amides is 1. The molecule has 0 saturated heterocycles. The van der Waals surface area contributed by atoms with Gasteiger partial charge in [-0.2, -0.15) is 0 Å². The molecule has 3 N–H and O–H groups in total. The van der Waals surface area contributed by atoms with Crippen molar-refractivity contribution in [2.24, 2.45) is 5.73 Å². The molecule has 1 aliphatic carbocycles. The molecular formula is C14H20N2O3. The zero-order valence-corrected chi connectivity index (χ0v) is 11.1. The monoisotopic (exact) mass is 264 g/mol. The van der Waals surface area contributed by atoms with Crippen molar-refractivity contribution < 1.29 is 14.3 Å². The summed E-state index contributed by atoms with van der Waals surface area (Å²) >= 11 is 0. The second-order valence-electron chi connectivity index (χ2n) is 4.76. The van der Waals surface area contributed by atoms with E-state index in [0.717, 1.165) is 24.3 Å². The first kappa shape index (κ1) is 13.7. The molecule has 0 atom stereocenters. The van der Waals surface area contributed by atoms with Crippen LogP contribution in [0, 0.1) is 0 Å². The van der Waals surface area contributed by atoms with E-state index in [9.17, 15) is 4.79 Å². The van der Waals surface area contributed by atoms with E-state index in [1.54, 1.807) is 7.11 Å². The van der Waals surface area contributed by atoms with Crippen LogP contribution in [-0.2, 0) is 9.53 Å². The Morgan fingerprint density at radius 2 is 2.05 bits per heavy atom. The number of anilines is 1. The molecule has 1 aromatic carbocycles. The minimum atomic E-state index is -0.351. The van der Waals surface area contributed by atoms with Gasteiger partial charge in [-0.3, -0.25) is 4.79 Å². The van der Waals surface area contributed by atoms with Crippen molar-refractivity contribution in [2.45, 2.75) is 31.4 Å². The van der Waals surface area contributed by atoms with E-state index in [-0.39, 0.29) is 12.3 Å². The Morgan fingerprint density at radius 1 is 1.37 bits per heavy atom. The van der Waals surface area contributed by atoms with Crippen LogP contribution in [0.1, 0.15) is 19.3 Å². The van der Waals surface area contributed by atoms with Gasteiger partial charge in [0.2, 0.25) is 5.91 Å². The molecule has 0 aromatic heterocycles. The predicted octanol–water partition coefficient (Wildman–Crippen LogP) is 1.53. The average molecular weight is 264 g/mol. The van der Waals surface area contributed by atoms with Crippen LogP contribution in [0.4, 0.5) is 5.69 Å². The van der Waals surface area contributed by atoms with Crippen molar-refractivity contribution >= 4 is 11.6 Å². The molecule has 0 heterocycles. The normalized spacial score (nSPS) is 21.5. The summed E-state index contributed by atoms with van der Waals surface area (Å²) in [6, 6.07) is 8.21. The van der Waals surface area contributed by atoms with Crippen molar-refractivity contribution in [3.05, 3.63) is 24.3 Å². The Kier molecular flexibility index (Phi) is 4.63. The van der Waals surface area contributed by atoms with Crippen LogP contribution in [0.25, 0.3) is 0 Å². The molecule has 19 heavy (non-hydrogen) atoms. The van der Waals surface area contributed by atoms with E-state index in [0.29, 0.717) is 18.8 Å². The first-order chi connectivity index (χ1) is 9.17. The van der Waals surface area contributed by atoms with Gasteiger partial charge >= 0.3 is 0 Å². The van der Waals surface area contributed by atoms with Gasteiger partial charge in [-0.1, -0.05) is 0 Å². The second-order valence-corrected chi connectivity index (χ2v) is 4.76. The number of methoxy groups -OCH3 is 1. The number of rotatable bonds is 7. The van der Waals surface area contributed by atoms with E-state index in [2.05, 4.69) is 5.32 Å². The smallest absolute Gasteiger partial charge is 0.220 e. The number of carbonyl (C=O) groups is 1. The van der Waals surface area contributed by atoms with E-state index in [4.69, 9.17) is 15.2 Å². The third-order valence-corrected chi connectivity index (χ3v) is 3.27. The number of primary amides is 1. The molecule has 0 bridgehead atoms. The maximum Gasteiger partial charge on any atom is 0.220 e. The van der Waals surface area contributed by atoms with E-state index >= 15 is 0 Å². The molecule has 1 amide bonds. The fraction of sp³-hybridized carbons (Fsp3) is 0.500. The molecular weight excluding hydrogens is 244 g/mol. The summed E-state index contributed by atoms with van der Waals surface area (Å²) in [5.74, 6) is 0.395. The summed E-state index contributed by atoms with van der Waals surface area (Å²) in [5.41, 5.74) is 6.11. The first-order valence-corrected chi connectivity index (χ1v) is 6.48. The van der Waals surface area contributed by atoms with Gasteiger partial charge in [-0.25, -0.2) is 0 Å². The Morgan fingerprint density at radius 3 is 2.63 bits per heavy atom. The summed E-state index contributed by atoms with van der Waals surface area (Å²) in [6.07, 6.45) is 2.73. The number of carbonyl (C=O) groups excluding carboxylic acids is 1.